The van der Waals surface area contributed by atoms with Crippen LogP contribution in [0.25, 0.3) is 0 Å². The molecular formula is C19H28ClN5O2. The van der Waals surface area contributed by atoms with E-state index in [1.165, 1.54) is 0 Å². The van der Waals surface area contributed by atoms with Gasteiger partial charge in [-0.3, -0.25) is 4.79 Å². The van der Waals surface area contributed by atoms with Gasteiger partial charge in [0.05, 0.1) is 6.10 Å². The summed E-state index contributed by atoms with van der Waals surface area (Å²) >= 11 is 5.95. The maximum Gasteiger partial charge on any atom is 0.244 e. The van der Waals surface area contributed by atoms with E-state index in [0.29, 0.717) is 25.6 Å². The Labute approximate surface area is 165 Å². The van der Waals surface area contributed by atoms with Gasteiger partial charge in [-0.1, -0.05) is 11.6 Å². The zero-order valence-corrected chi connectivity index (χ0v) is 16.5. The minimum atomic E-state index is -0.314. The second-order valence-electron chi connectivity index (χ2n) is 6.90. The number of β-amino-alcohol motifs (C(OH)–C–C–N with tert-alkyl or cyclic N) is 1. The summed E-state index contributed by atoms with van der Waals surface area (Å²) < 4.78 is 0. The number of amides is 1. The smallest absolute Gasteiger partial charge is 0.244 e. The Hall–Kier alpha value is -1.99. The Balaban J connectivity index is 1.51. The molecule has 148 valence electrons. The van der Waals surface area contributed by atoms with E-state index in [9.17, 15) is 9.90 Å². The molecule has 27 heavy (non-hydrogen) atoms. The third-order valence-electron chi connectivity index (χ3n) is 4.99. The van der Waals surface area contributed by atoms with Gasteiger partial charge < -0.3 is 25.1 Å². The standard InChI is InChI=1S/C19H28ClN5O2/c1-2-21-19(25-8-7-17(26)14-25)22-13-18(27)24-11-9-23(10-12-24)16-5-3-15(20)4-6-16/h3-6,17,26H,2,7-14H2,1H3,(H,21,22)/t17-/m1/s1. The molecule has 2 saturated heterocycles. The summed E-state index contributed by atoms with van der Waals surface area (Å²) in [6.07, 6.45) is 0.427. The molecule has 1 aromatic rings. The number of halogens is 1. The highest BCUT2D eigenvalue weighted by molar-refractivity contribution is 6.30. The lowest BCUT2D eigenvalue weighted by atomic mass is 10.2. The third kappa shape index (κ3) is 5.26. The van der Waals surface area contributed by atoms with Gasteiger partial charge in [-0.25, -0.2) is 4.99 Å². The molecule has 7 nitrogen and oxygen atoms in total. The quantitative estimate of drug-likeness (QED) is 0.590. The molecule has 0 aliphatic carbocycles. The number of hydrogen-bond acceptors (Lipinski definition) is 4. The number of piperazine rings is 1. The van der Waals surface area contributed by atoms with Crippen LogP contribution in [0.15, 0.2) is 29.3 Å². The van der Waals surface area contributed by atoms with Crippen molar-refractivity contribution in [3.05, 3.63) is 29.3 Å². The minimum absolute atomic E-state index is 0.0425. The van der Waals surface area contributed by atoms with Crippen molar-refractivity contribution in [3.8, 4) is 0 Å². The molecule has 0 bridgehead atoms. The molecular weight excluding hydrogens is 366 g/mol. The molecule has 1 atom stereocenters. The first kappa shape index (κ1) is 19.8. The molecule has 2 fully saturated rings. The van der Waals surface area contributed by atoms with Gasteiger partial charge in [0.15, 0.2) is 5.96 Å². The summed E-state index contributed by atoms with van der Waals surface area (Å²) in [6, 6.07) is 7.80. The number of likely N-dealkylation sites (tertiary alicyclic amines) is 1. The van der Waals surface area contributed by atoms with Crippen molar-refractivity contribution < 1.29 is 9.90 Å². The molecule has 0 aromatic heterocycles. The van der Waals surface area contributed by atoms with E-state index < -0.39 is 0 Å². The third-order valence-corrected chi connectivity index (χ3v) is 5.24. The largest absolute Gasteiger partial charge is 0.391 e. The van der Waals surface area contributed by atoms with E-state index in [-0.39, 0.29) is 18.6 Å². The lowest BCUT2D eigenvalue weighted by Gasteiger charge is -2.36. The lowest BCUT2D eigenvalue weighted by molar-refractivity contribution is -0.129. The molecule has 8 heteroatoms. The fourth-order valence-corrected chi connectivity index (χ4v) is 3.59. The van der Waals surface area contributed by atoms with Crippen LogP contribution in [0, 0.1) is 0 Å². The second kappa shape index (κ2) is 9.28. The first-order valence-electron chi connectivity index (χ1n) is 9.56. The highest BCUT2D eigenvalue weighted by Gasteiger charge is 2.24. The maximum absolute atomic E-state index is 12.6. The molecule has 1 amide bonds. The van der Waals surface area contributed by atoms with Gasteiger partial charge in [0.25, 0.3) is 0 Å². The summed E-state index contributed by atoms with van der Waals surface area (Å²) in [5, 5.41) is 13.7. The van der Waals surface area contributed by atoms with E-state index in [4.69, 9.17) is 11.6 Å². The highest BCUT2D eigenvalue weighted by atomic mass is 35.5. The fourth-order valence-electron chi connectivity index (χ4n) is 3.47. The number of benzene rings is 1. The van der Waals surface area contributed by atoms with Crippen LogP contribution in [-0.4, -0.2) is 85.2 Å². The normalized spacial score (nSPS) is 20.9. The number of aliphatic hydroxyl groups excluding tert-OH is 1. The molecule has 0 unspecified atom stereocenters. The van der Waals surface area contributed by atoms with Gasteiger partial charge in [-0.15, -0.1) is 0 Å². The second-order valence-corrected chi connectivity index (χ2v) is 7.34. The summed E-state index contributed by atoms with van der Waals surface area (Å²) in [7, 11) is 0. The van der Waals surface area contributed by atoms with E-state index >= 15 is 0 Å². The summed E-state index contributed by atoms with van der Waals surface area (Å²) in [6.45, 7) is 7.19. The number of carbonyl (C=O) groups excluding carboxylic acids is 1. The Bertz CT molecular complexity index is 659. The molecule has 2 heterocycles. The van der Waals surface area contributed by atoms with Crippen LogP contribution in [-0.2, 0) is 4.79 Å². The summed E-state index contributed by atoms with van der Waals surface area (Å²) in [5.41, 5.74) is 1.13. The van der Waals surface area contributed by atoms with Crippen LogP contribution in [0.1, 0.15) is 13.3 Å². The maximum atomic E-state index is 12.6. The zero-order valence-electron chi connectivity index (χ0n) is 15.8. The molecule has 1 aromatic carbocycles. The van der Waals surface area contributed by atoms with Gasteiger partial charge in [0.2, 0.25) is 5.91 Å². The van der Waals surface area contributed by atoms with Crippen molar-refractivity contribution in [2.75, 3.05) is 57.3 Å². The Morgan fingerprint density at radius 3 is 2.48 bits per heavy atom. The average molecular weight is 394 g/mol. The predicted molar refractivity (Wildman–Crippen MR) is 108 cm³/mol. The van der Waals surface area contributed by atoms with E-state index in [0.717, 1.165) is 43.3 Å². The molecule has 3 rings (SSSR count). The number of nitrogens with zero attached hydrogens (tertiary/aromatic N) is 4. The van der Waals surface area contributed by atoms with Crippen LogP contribution >= 0.6 is 11.6 Å². The van der Waals surface area contributed by atoms with Crippen molar-refractivity contribution in [3.63, 3.8) is 0 Å². The van der Waals surface area contributed by atoms with Crippen molar-refractivity contribution in [1.82, 2.24) is 15.1 Å². The highest BCUT2D eigenvalue weighted by Crippen LogP contribution is 2.19. The Kier molecular flexibility index (Phi) is 6.79. The molecule has 2 aliphatic rings. The summed E-state index contributed by atoms with van der Waals surface area (Å²) in [5.74, 6) is 0.753. The van der Waals surface area contributed by atoms with Crippen molar-refractivity contribution in [2.24, 2.45) is 4.99 Å². The van der Waals surface area contributed by atoms with Gasteiger partial charge in [0.1, 0.15) is 6.54 Å². The van der Waals surface area contributed by atoms with Gasteiger partial charge in [-0.2, -0.15) is 0 Å². The van der Waals surface area contributed by atoms with Crippen LogP contribution in [0.3, 0.4) is 0 Å². The first-order chi connectivity index (χ1) is 13.1. The zero-order chi connectivity index (χ0) is 19.2. The predicted octanol–water partition coefficient (Wildman–Crippen LogP) is 1.02. The summed E-state index contributed by atoms with van der Waals surface area (Å²) in [4.78, 5) is 23.2. The SMILES string of the molecule is CCNC(=NCC(=O)N1CCN(c2ccc(Cl)cc2)CC1)N1CC[C@@H](O)C1. The average Bonchev–Trinajstić information content (AvgIpc) is 3.12. The van der Waals surface area contributed by atoms with E-state index in [2.05, 4.69) is 15.2 Å². The fraction of sp³-hybridized carbons (Fsp3) is 0.579. The monoisotopic (exact) mass is 393 g/mol. The van der Waals surface area contributed by atoms with Crippen molar-refractivity contribution in [2.45, 2.75) is 19.4 Å². The molecule has 2 N–H and O–H groups in total. The number of aliphatic hydroxyl groups is 1. The molecule has 2 aliphatic heterocycles. The van der Waals surface area contributed by atoms with Crippen LogP contribution < -0.4 is 10.2 Å². The van der Waals surface area contributed by atoms with Crippen LogP contribution in [0.2, 0.25) is 5.02 Å². The van der Waals surface area contributed by atoms with Crippen LogP contribution in [0.5, 0.6) is 0 Å². The molecule has 0 saturated carbocycles. The minimum Gasteiger partial charge on any atom is -0.391 e. The van der Waals surface area contributed by atoms with Crippen LogP contribution in [0.4, 0.5) is 5.69 Å². The molecule has 0 radical (unpaired) electrons. The first-order valence-corrected chi connectivity index (χ1v) is 9.94. The number of rotatable bonds is 4. The molecule has 0 spiro atoms. The number of guanidine groups is 1. The number of aliphatic imine (C=N–C) groups is 1. The number of anilines is 1. The van der Waals surface area contributed by atoms with E-state index in [1.54, 1.807) is 0 Å². The van der Waals surface area contributed by atoms with Gasteiger partial charge in [-0.05, 0) is 37.6 Å². The Morgan fingerprint density at radius 2 is 1.89 bits per heavy atom. The lowest BCUT2D eigenvalue weighted by Crippen LogP contribution is -2.49. The Morgan fingerprint density at radius 1 is 1.19 bits per heavy atom. The van der Waals surface area contributed by atoms with Crippen molar-refractivity contribution in [1.29, 1.82) is 0 Å². The van der Waals surface area contributed by atoms with Gasteiger partial charge in [0, 0.05) is 56.5 Å². The number of carbonyl (C=O) groups is 1. The van der Waals surface area contributed by atoms with Gasteiger partial charge >= 0.3 is 0 Å². The topological polar surface area (TPSA) is 71.4 Å². The van der Waals surface area contributed by atoms with E-state index in [1.807, 2.05) is 41.0 Å². The number of nitrogens with one attached hydrogen (secondary N) is 1. The number of hydrogen-bond donors (Lipinski definition) is 2. The van der Waals surface area contributed by atoms with Crippen molar-refractivity contribution >= 4 is 29.2 Å².